The van der Waals surface area contributed by atoms with Gasteiger partial charge in [0.15, 0.2) is 17.1 Å². The number of anilines is 1. The van der Waals surface area contributed by atoms with E-state index >= 15 is 0 Å². The molecule has 0 amide bonds. The van der Waals surface area contributed by atoms with Gasteiger partial charge in [-0.05, 0) is 43.5 Å². The van der Waals surface area contributed by atoms with Gasteiger partial charge in [-0.3, -0.25) is 0 Å². The van der Waals surface area contributed by atoms with Crippen molar-refractivity contribution in [1.29, 1.82) is 0 Å². The van der Waals surface area contributed by atoms with Crippen molar-refractivity contribution in [3.05, 3.63) is 40.7 Å². The van der Waals surface area contributed by atoms with Gasteiger partial charge in [-0.2, -0.15) is 17.7 Å². The molecule has 3 N–H and O–H groups in total. The number of nitrogens with one attached hydrogen (secondary N) is 1. The van der Waals surface area contributed by atoms with Crippen molar-refractivity contribution >= 4 is 11.5 Å². The van der Waals surface area contributed by atoms with Crippen LogP contribution in [0, 0.1) is 13.8 Å². The van der Waals surface area contributed by atoms with Crippen LogP contribution in [0.25, 0.3) is 5.65 Å². The summed E-state index contributed by atoms with van der Waals surface area (Å²) in [6.45, 7) is 3.76. The lowest BCUT2D eigenvalue weighted by Crippen LogP contribution is -2.16. The highest BCUT2D eigenvalue weighted by molar-refractivity contribution is 5.58. The molecule has 2 aromatic heterocycles. The summed E-state index contributed by atoms with van der Waals surface area (Å²) in [5, 5.41) is 32.6. The van der Waals surface area contributed by atoms with Crippen molar-refractivity contribution in [2.75, 3.05) is 11.9 Å². The first-order valence-electron chi connectivity index (χ1n) is 7.73. The van der Waals surface area contributed by atoms with Gasteiger partial charge >= 0.3 is 6.18 Å². The number of hydrogen-bond acceptors (Lipinski definition) is 6. The highest BCUT2D eigenvalue weighted by atomic mass is 19.4. The SMILES string of the molecule is Cc1c(NCCc2ccc(O)c(O)c2)nn2c(C(F)(F)F)nnc2c1C. The predicted molar refractivity (Wildman–Crippen MR) is 87.2 cm³/mol. The molecule has 138 valence electrons. The first-order valence-corrected chi connectivity index (χ1v) is 7.73. The number of hydrogen-bond donors (Lipinski definition) is 3. The van der Waals surface area contributed by atoms with Crippen molar-refractivity contribution in [3.63, 3.8) is 0 Å². The number of phenols is 2. The summed E-state index contributed by atoms with van der Waals surface area (Å²) < 4.78 is 39.8. The van der Waals surface area contributed by atoms with E-state index < -0.39 is 12.0 Å². The number of halogens is 3. The average Bonchev–Trinajstić information content (AvgIpc) is 2.99. The number of alkyl halides is 3. The molecular weight excluding hydrogens is 351 g/mol. The van der Waals surface area contributed by atoms with Crippen LogP contribution < -0.4 is 5.32 Å². The van der Waals surface area contributed by atoms with Crippen molar-refractivity contribution in [2.45, 2.75) is 26.4 Å². The van der Waals surface area contributed by atoms with E-state index in [4.69, 9.17) is 0 Å². The van der Waals surface area contributed by atoms with Gasteiger partial charge in [-0.15, -0.1) is 15.3 Å². The Kier molecular flexibility index (Phi) is 4.34. The zero-order valence-electron chi connectivity index (χ0n) is 14.0. The summed E-state index contributed by atoms with van der Waals surface area (Å²) in [4.78, 5) is 0. The van der Waals surface area contributed by atoms with E-state index in [9.17, 15) is 23.4 Å². The smallest absolute Gasteiger partial charge is 0.453 e. The van der Waals surface area contributed by atoms with Crippen LogP contribution >= 0.6 is 0 Å². The van der Waals surface area contributed by atoms with Crippen LogP contribution in [0.4, 0.5) is 19.0 Å². The standard InChI is InChI=1S/C16H16F3N5O2/c1-8-9(2)14-21-22-15(16(17,18)19)24(14)23-13(8)20-6-5-10-3-4-11(25)12(26)7-10/h3-4,7,25-26H,5-6H2,1-2H3,(H,20,23). The molecule has 1 aromatic carbocycles. The van der Waals surface area contributed by atoms with Crippen LogP contribution in [0.5, 0.6) is 11.5 Å². The molecule has 0 bridgehead atoms. The second-order valence-electron chi connectivity index (χ2n) is 5.86. The van der Waals surface area contributed by atoms with E-state index in [1.54, 1.807) is 19.9 Å². The van der Waals surface area contributed by atoms with E-state index in [1.807, 2.05) is 0 Å². The Morgan fingerprint density at radius 2 is 1.81 bits per heavy atom. The molecule has 0 saturated heterocycles. The van der Waals surface area contributed by atoms with E-state index in [0.29, 0.717) is 34.4 Å². The molecule has 3 rings (SSSR count). The van der Waals surface area contributed by atoms with E-state index in [2.05, 4.69) is 20.6 Å². The number of fused-ring (bicyclic) bond motifs is 1. The fourth-order valence-corrected chi connectivity index (χ4v) is 2.52. The maximum absolute atomic E-state index is 13.0. The molecule has 0 atom stereocenters. The quantitative estimate of drug-likeness (QED) is 0.614. The Labute approximate surface area is 146 Å². The van der Waals surface area contributed by atoms with Gasteiger partial charge in [0.1, 0.15) is 5.82 Å². The van der Waals surface area contributed by atoms with Crippen LogP contribution in [0.2, 0.25) is 0 Å². The molecule has 0 fully saturated rings. The molecule has 3 aromatic rings. The topological polar surface area (TPSA) is 95.6 Å². The maximum atomic E-state index is 13.0. The molecule has 0 radical (unpaired) electrons. The monoisotopic (exact) mass is 367 g/mol. The molecule has 0 spiro atoms. The highest BCUT2D eigenvalue weighted by Gasteiger charge is 2.38. The lowest BCUT2D eigenvalue weighted by molar-refractivity contribution is -0.146. The lowest BCUT2D eigenvalue weighted by atomic mass is 10.1. The van der Waals surface area contributed by atoms with Crippen LogP contribution in [-0.4, -0.2) is 36.6 Å². The number of phenolic OH excluding ortho intramolecular Hbond substituents is 2. The third-order valence-corrected chi connectivity index (χ3v) is 4.09. The van der Waals surface area contributed by atoms with Gasteiger partial charge < -0.3 is 15.5 Å². The minimum Gasteiger partial charge on any atom is -0.504 e. The van der Waals surface area contributed by atoms with Crippen LogP contribution in [0.3, 0.4) is 0 Å². The number of aromatic nitrogens is 4. The Bertz CT molecular complexity index is 969. The normalized spacial score (nSPS) is 11.9. The number of benzene rings is 1. The predicted octanol–water partition coefficient (Wildman–Crippen LogP) is 2.83. The molecule has 0 unspecified atom stereocenters. The summed E-state index contributed by atoms with van der Waals surface area (Å²) >= 11 is 0. The number of rotatable bonds is 4. The van der Waals surface area contributed by atoms with Crippen molar-refractivity contribution in [1.82, 2.24) is 19.8 Å². The van der Waals surface area contributed by atoms with Crippen LogP contribution in [-0.2, 0) is 12.6 Å². The van der Waals surface area contributed by atoms with Gasteiger partial charge in [0.2, 0.25) is 0 Å². The van der Waals surface area contributed by atoms with Crippen LogP contribution in [0.15, 0.2) is 18.2 Å². The van der Waals surface area contributed by atoms with Gasteiger partial charge in [0, 0.05) is 12.1 Å². The Morgan fingerprint density at radius 3 is 2.46 bits per heavy atom. The molecule has 7 nitrogen and oxygen atoms in total. The molecular formula is C16H16F3N5O2. The summed E-state index contributed by atoms with van der Waals surface area (Å²) in [6.07, 6.45) is -4.19. The first kappa shape index (κ1) is 17.8. The minimum atomic E-state index is -4.66. The fourth-order valence-electron chi connectivity index (χ4n) is 2.52. The Hall–Kier alpha value is -3.04. The van der Waals surface area contributed by atoms with Gasteiger partial charge in [-0.25, -0.2) is 0 Å². The second-order valence-corrected chi connectivity index (χ2v) is 5.86. The number of aryl methyl sites for hydroxylation is 1. The maximum Gasteiger partial charge on any atom is 0.453 e. The largest absolute Gasteiger partial charge is 0.504 e. The van der Waals surface area contributed by atoms with Crippen molar-refractivity contribution < 1.29 is 23.4 Å². The van der Waals surface area contributed by atoms with E-state index in [0.717, 1.165) is 5.56 Å². The molecule has 0 saturated carbocycles. The molecule has 26 heavy (non-hydrogen) atoms. The minimum absolute atomic E-state index is 0.0591. The molecule has 2 heterocycles. The summed E-state index contributed by atoms with van der Waals surface area (Å²) in [5.74, 6) is -1.33. The first-order chi connectivity index (χ1) is 12.2. The lowest BCUT2D eigenvalue weighted by Gasteiger charge is -2.12. The van der Waals surface area contributed by atoms with E-state index in [-0.39, 0.29) is 17.1 Å². The zero-order chi connectivity index (χ0) is 19.1. The van der Waals surface area contributed by atoms with Gasteiger partial charge in [-0.1, -0.05) is 6.07 Å². The Balaban J connectivity index is 1.85. The van der Waals surface area contributed by atoms with Gasteiger partial charge in [0.05, 0.1) is 0 Å². The fraction of sp³-hybridized carbons (Fsp3) is 0.312. The molecule has 10 heteroatoms. The third-order valence-electron chi connectivity index (χ3n) is 4.09. The average molecular weight is 367 g/mol. The van der Waals surface area contributed by atoms with E-state index in [1.165, 1.54) is 12.1 Å². The Morgan fingerprint density at radius 1 is 1.08 bits per heavy atom. The van der Waals surface area contributed by atoms with Crippen molar-refractivity contribution in [2.24, 2.45) is 0 Å². The number of aromatic hydroxyl groups is 2. The van der Waals surface area contributed by atoms with Crippen LogP contribution in [0.1, 0.15) is 22.5 Å². The number of nitrogens with zero attached hydrogens (tertiary/aromatic N) is 4. The third kappa shape index (κ3) is 3.22. The summed E-state index contributed by atoms with van der Waals surface area (Å²) in [5.41, 5.74) is 2.03. The zero-order valence-corrected chi connectivity index (χ0v) is 14.0. The molecule has 0 aliphatic carbocycles. The van der Waals surface area contributed by atoms with Crippen molar-refractivity contribution in [3.8, 4) is 11.5 Å². The second kappa shape index (κ2) is 6.36. The highest BCUT2D eigenvalue weighted by Crippen LogP contribution is 2.30. The van der Waals surface area contributed by atoms with Gasteiger partial charge in [0.25, 0.3) is 5.82 Å². The molecule has 0 aliphatic heterocycles. The summed E-state index contributed by atoms with van der Waals surface area (Å²) in [6, 6.07) is 4.44. The summed E-state index contributed by atoms with van der Waals surface area (Å²) in [7, 11) is 0. The molecule has 0 aliphatic rings.